The van der Waals surface area contributed by atoms with Crippen LogP contribution in [-0.2, 0) is 97.0 Å². The molecule has 23 nitrogen and oxygen atoms in total. The van der Waals surface area contributed by atoms with Gasteiger partial charge in [0.1, 0.15) is 24.9 Å². The van der Waals surface area contributed by atoms with Gasteiger partial charge in [0.25, 0.3) is 0 Å². The predicted octanol–water partition coefficient (Wildman–Crippen LogP) is 2.99. The van der Waals surface area contributed by atoms with Crippen molar-refractivity contribution in [1.29, 1.82) is 0 Å². The topological polar surface area (TPSA) is 291 Å². The average molecular weight is 987 g/mol. The van der Waals surface area contributed by atoms with Gasteiger partial charge in [0.15, 0.2) is 53.7 Å². The first-order chi connectivity index (χ1) is 32.9. The summed E-state index contributed by atoms with van der Waals surface area (Å²) in [6.07, 6.45) is -11.8. The van der Waals surface area contributed by atoms with Crippen LogP contribution in [0.3, 0.4) is 0 Å². The molecule has 0 spiro atoms. The zero-order chi connectivity index (χ0) is 52.0. The van der Waals surface area contributed by atoms with E-state index in [0.717, 1.165) is 68.4 Å². The molecule has 2 saturated heterocycles. The Morgan fingerprint density at radius 3 is 1.56 bits per heavy atom. The maximum atomic E-state index is 14.0. The van der Waals surface area contributed by atoms with Crippen LogP contribution in [0.4, 0.5) is 0 Å². The maximum Gasteiger partial charge on any atom is 0.331 e. The Hall–Kier alpha value is -7.24. The van der Waals surface area contributed by atoms with Crippen molar-refractivity contribution >= 4 is 65.8 Å². The van der Waals surface area contributed by atoms with E-state index in [-0.39, 0.29) is 41.6 Å². The minimum atomic E-state index is -1.71. The molecule has 0 N–H and O–H groups in total. The lowest BCUT2D eigenvalue weighted by Gasteiger charge is -2.52. The Kier molecular flexibility index (Phi) is 20.1. The van der Waals surface area contributed by atoms with E-state index in [4.69, 9.17) is 61.6 Å². The number of carbonyl (C=O) groups excluding carboxylic acids is 10. The summed E-state index contributed by atoms with van der Waals surface area (Å²) < 4.78 is 74.0. The highest BCUT2D eigenvalue weighted by atomic mass is 16.7. The van der Waals surface area contributed by atoms with E-state index in [2.05, 4.69) is 0 Å². The zero-order valence-corrected chi connectivity index (χ0v) is 39.9. The molecule has 2 fully saturated rings. The molecule has 4 rings (SSSR count). The lowest BCUT2D eigenvalue weighted by atomic mass is 9.78. The molecule has 0 unspecified atom stereocenters. The van der Waals surface area contributed by atoms with Crippen LogP contribution in [0, 0.1) is 5.92 Å². The Morgan fingerprint density at radius 1 is 0.514 bits per heavy atom. The van der Waals surface area contributed by atoms with E-state index in [9.17, 15) is 47.9 Å². The number of hydrogen-bond donors (Lipinski definition) is 0. The van der Waals surface area contributed by atoms with Crippen molar-refractivity contribution in [3.8, 4) is 23.0 Å². The van der Waals surface area contributed by atoms with Crippen molar-refractivity contribution < 1.29 is 110 Å². The van der Waals surface area contributed by atoms with E-state index in [1.165, 1.54) is 43.3 Å². The summed E-state index contributed by atoms with van der Waals surface area (Å²) in [4.78, 5) is 124. The normalized spacial score (nSPS) is 23.9. The minimum absolute atomic E-state index is 0.0381. The van der Waals surface area contributed by atoms with Crippen molar-refractivity contribution in [1.82, 2.24) is 0 Å². The van der Waals surface area contributed by atoms with Gasteiger partial charge >= 0.3 is 59.7 Å². The van der Waals surface area contributed by atoms with E-state index in [1.54, 1.807) is 6.07 Å². The third kappa shape index (κ3) is 16.5. The van der Waals surface area contributed by atoms with Gasteiger partial charge in [-0.25, -0.2) is 4.79 Å². The van der Waals surface area contributed by atoms with Gasteiger partial charge in [0, 0.05) is 68.4 Å². The highest BCUT2D eigenvalue weighted by Gasteiger charge is 2.61. The second kappa shape index (κ2) is 25.4. The van der Waals surface area contributed by atoms with Crippen LogP contribution in [0.15, 0.2) is 42.5 Å². The highest BCUT2D eigenvalue weighted by Crippen LogP contribution is 2.42. The summed E-state index contributed by atoms with van der Waals surface area (Å²) in [5.74, 6) is -10.2. The summed E-state index contributed by atoms with van der Waals surface area (Å²) in [5, 5.41) is 0. The van der Waals surface area contributed by atoms with Crippen LogP contribution in [-0.4, -0.2) is 128 Å². The Balaban J connectivity index is 1.87. The summed E-state index contributed by atoms with van der Waals surface area (Å²) in [5.41, 5.74) is 0.726. The molecule has 0 aromatic heterocycles. The number of benzene rings is 2. The van der Waals surface area contributed by atoms with Crippen LogP contribution < -0.4 is 18.9 Å². The molecule has 2 aliphatic rings. The lowest BCUT2D eigenvalue weighted by Crippen LogP contribution is -2.69. The quantitative estimate of drug-likeness (QED) is 0.0897. The largest absolute Gasteiger partial charge is 0.463 e. The van der Waals surface area contributed by atoms with Crippen LogP contribution in [0.1, 0.15) is 80.4 Å². The SMILES string of the molecule is CC(=O)OC[C@H]1O[C@@H](OCCc2ccc(OC(C)=O)c(OC(C)=O)c2)[C@H](OC(C)=O)[C@@H]([C@@H]2O[C@@H](C)[C@H](OC(C)=O)[C@@H](OC(C)=O)[C@H]2OC(C)=O)[C@@H]1OC(=O)/C=C/c1ccc(OC(C)=O)c(OC(C)=O)c1. The number of esters is 10. The molecular formula is C47H54O23. The number of ether oxygens (including phenoxy) is 13. The van der Waals surface area contributed by atoms with Crippen LogP contribution in [0.25, 0.3) is 6.08 Å². The third-order valence-corrected chi connectivity index (χ3v) is 9.87. The molecule has 10 atom stereocenters. The van der Waals surface area contributed by atoms with Crippen molar-refractivity contribution in [2.45, 2.75) is 131 Å². The van der Waals surface area contributed by atoms with Gasteiger partial charge in [-0.05, 0) is 54.8 Å². The van der Waals surface area contributed by atoms with Crippen LogP contribution in [0.2, 0.25) is 0 Å². The first kappa shape index (κ1) is 55.4. The summed E-state index contributed by atoms with van der Waals surface area (Å²) in [6.45, 7) is 10.4. The first-order valence-corrected chi connectivity index (χ1v) is 21.6. The Bertz CT molecular complexity index is 2340. The van der Waals surface area contributed by atoms with Crippen molar-refractivity contribution in [2.75, 3.05) is 13.2 Å². The predicted molar refractivity (Wildman–Crippen MR) is 232 cm³/mol. The van der Waals surface area contributed by atoms with E-state index in [1.807, 2.05) is 0 Å². The molecule has 0 bridgehead atoms. The van der Waals surface area contributed by atoms with Crippen molar-refractivity contribution in [2.24, 2.45) is 5.92 Å². The standard InChI is InChI=1S/C47H54O23/c1-22-41(65-28(7)53)45(67-30(9)55)46(68-31(10)56)43(60-22)40-42(70-39(57)16-13-32-11-14-34(61-24(3)49)36(19-32)63-26(5)51)38(21-59-23(2)48)69-47(44(40)66-29(8)54)58-18-17-33-12-15-35(62-25(4)50)37(20-33)64-27(6)52/h11-16,19-20,22,38,40-47H,17-18,21H2,1-10H3/b16-13+/t22-,38+,40+,41-,42+,43-,44+,45+,46-,47+/m0/s1. The third-order valence-electron chi connectivity index (χ3n) is 9.87. The fourth-order valence-corrected chi connectivity index (χ4v) is 7.54. The van der Waals surface area contributed by atoms with E-state index in [0.29, 0.717) is 5.56 Å². The van der Waals surface area contributed by atoms with Gasteiger partial charge in [-0.2, -0.15) is 0 Å². The summed E-state index contributed by atoms with van der Waals surface area (Å²) >= 11 is 0. The van der Waals surface area contributed by atoms with Gasteiger partial charge in [-0.1, -0.05) is 12.1 Å². The molecule has 23 heteroatoms. The number of hydrogen-bond acceptors (Lipinski definition) is 23. The van der Waals surface area contributed by atoms with Gasteiger partial charge in [-0.3, -0.25) is 43.2 Å². The molecule has 0 aliphatic carbocycles. The summed E-state index contributed by atoms with van der Waals surface area (Å²) in [6, 6.07) is 8.39. The van der Waals surface area contributed by atoms with Gasteiger partial charge in [0.2, 0.25) is 0 Å². The molecule has 70 heavy (non-hydrogen) atoms. The van der Waals surface area contributed by atoms with Gasteiger partial charge < -0.3 is 61.6 Å². The zero-order valence-electron chi connectivity index (χ0n) is 39.9. The maximum absolute atomic E-state index is 14.0. The smallest absolute Gasteiger partial charge is 0.331 e. The fraction of sp³-hybridized carbons (Fsp3) is 0.489. The minimum Gasteiger partial charge on any atom is -0.463 e. The van der Waals surface area contributed by atoms with Gasteiger partial charge in [0.05, 0.1) is 18.6 Å². The van der Waals surface area contributed by atoms with Gasteiger partial charge in [-0.15, -0.1) is 0 Å². The molecule has 0 amide bonds. The highest BCUT2D eigenvalue weighted by molar-refractivity contribution is 5.87. The Morgan fingerprint density at radius 2 is 1.01 bits per heavy atom. The number of carbonyl (C=O) groups is 10. The molecule has 2 aromatic rings. The molecule has 0 saturated carbocycles. The molecule has 2 heterocycles. The first-order valence-electron chi connectivity index (χ1n) is 21.6. The fourth-order valence-electron chi connectivity index (χ4n) is 7.54. The molecule has 2 aromatic carbocycles. The molecule has 2 aliphatic heterocycles. The van der Waals surface area contributed by atoms with Crippen molar-refractivity contribution in [3.63, 3.8) is 0 Å². The molecule has 380 valence electrons. The number of rotatable bonds is 18. The molecular weight excluding hydrogens is 932 g/mol. The van der Waals surface area contributed by atoms with Crippen molar-refractivity contribution in [3.05, 3.63) is 53.6 Å². The monoisotopic (exact) mass is 986 g/mol. The summed E-state index contributed by atoms with van der Waals surface area (Å²) in [7, 11) is 0. The lowest BCUT2D eigenvalue weighted by molar-refractivity contribution is -0.326. The molecule has 0 radical (unpaired) electrons. The van der Waals surface area contributed by atoms with Crippen LogP contribution in [0.5, 0.6) is 23.0 Å². The average Bonchev–Trinajstić information content (AvgIpc) is 3.23. The van der Waals surface area contributed by atoms with E-state index >= 15 is 0 Å². The second-order valence-corrected chi connectivity index (χ2v) is 15.7. The second-order valence-electron chi connectivity index (χ2n) is 15.7. The Labute approximate surface area is 401 Å². The van der Waals surface area contributed by atoms with E-state index < -0.39 is 127 Å². The van der Waals surface area contributed by atoms with Crippen LogP contribution >= 0.6 is 0 Å².